The van der Waals surface area contributed by atoms with Crippen LogP contribution >= 0.6 is 0 Å². The molecule has 24 heavy (non-hydrogen) atoms. The maximum absolute atomic E-state index is 13.0. The van der Waals surface area contributed by atoms with Gasteiger partial charge in [0.25, 0.3) is 0 Å². The van der Waals surface area contributed by atoms with E-state index in [1.54, 1.807) is 19.1 Å². The molecule has 1 aliphatic rings. The molecular weight excluding hydrogens is 333 g/mol. The van der Waals surface area contributed by atoms with E-state index in [2.05, 4.69) is 14.6 Å². The van der Waals surface area contributed by atoms with Crippen LogP contribution in [0.25, 0.3) is 0 Å². The van der Waals surface area contributed by atoms with Crippen molar-refractivity contribution >= 4 is 21.7 Å². The average molecular weight is 357 g/mol. The van der Waals surface area contributed by atoms with Crippen molar-refractivity contribution in [2.45, 2.75) is 6.92 Å². The highest BCUT2D eigenvalue weighted by Gasteiger charge is 2.18. The van der Waals surface area contributed by atoms with E-state index in [1.165, 1.54) is 12.1 Å². The van der Waals surface area contributed by atoms with Crippen molar-refractivity contribution in [3.8, 4) is 0 Å². The van der Waals surface area contributed by atoms with Crippen molar-refractivity contribution in [3.05, 3.63) is 30.1 Å². The third-order valence-electron chi connectivity index (χ3n) is 3.88. The molecule has 7 nitrogen and oxygen atoms in total. The number of nitrogens with two attached hydrogens (primary N) is 1. The van der Waals surface area contributed by atoms with E-state index in [9.17, 15) is 12.8 Å². The van der Waals surface area contributed by atoms with Crippen molar-refractivity contribution in [2.24, 2.45) is 10.7 Å². The lowest BCUT2D eigenvalue weighted by Gasteiger charge is -2.36. The first-order valence-corrected chi connectivity index (χ1v) is 9.59. The number of hydrogen-bond donors (Lipinski definition) is 2. The number of benzene rings is 1. The zero-order valence-corrected chi connectivity index (χ0v) is 14.6. The predicted molar refractivity (Wildman–Crippen MR) is 94.1 cm³/mol. The summed E-state index contributed by atoms with van der Waals surface area (Å²) in [7, 11) is -3.19. The fourth-order valence-corrected chi connectivity index (χ4v) is 3.03. The second-order valence-corrected chi connectivity index (χ2v) is 7.58. The van der Waals surface area contributed by atoms with Gasteiger partial charge in [0.15, 0.2) is 5.96 Å². The maximum Gasteiger partial charge on any atom is 0.211 e. The molecule has 0 aliphatic carbocycles. The van der Waals surface area contributed by atoms with Crippen LogP contribution in [0.2, 0.25) is 0 Å². The molecule has 1 aliphatic heterocycles. The van der Waals surface area contributed by atoms with Gasteiger partial charge in [0.05, 0.1) is 12.3 Å². The van der Waals surface area contributed by atoms with Gasteiger partial charge in [-0.2, -0.15) is 0 Å². The van der Waals surface area contributed by atoms with Gasteiger partial charge >= 0.3 is 0 Å². The normalized spacial score (nSPS) is 16.5. The minimum Gasteiger partial charge on any atom is -0.370 e. The van der Waals surface area contributed by atoms with Crippen LogP contribution in [-0.4, -0.2) is 64.3 Å². The number of aliphatic imine (C=N–C) groups is 1. The second kappa shape index (κ2) is 8.29. The molecular formula is C15H24FN5O2S. The summed E-state index contributed by atoms with van der Waals surface area (Å²) in [5, 5.41) is 0. The summed E-state index contributed by atoms with van der Waals surface area (Å²) in [6, 6.07) is 6.44. The fourth-order valence-electron chi connectivity index (χ4n) is 2.42. The van der Waals surface area contributed by atoms with E-state index in [1.807, 2.05) is 4.90 Å². The van der Waals surface area contributed by atoms with Crippen LogP contribution < -0.4 is 15.4 Å². The molecule has 1 heterocycles. The van der Waals surface area contributed by atoms with Crippen LogP contribution in [0.4, 0.5) is 10.1 Å². The third kappa shape index (κ3) is 5.34. The van der Waals surface area contributed by atoms with Gasteiger partial charge in [-0.15, -0.1) is 0 Å². The quantitative estimate of drug-likeness (QED) is 0.431. The maximum atomic E-state index is 13.0. The minimum absolute atomic E-state index is 0.0531. The summed E-state index contributed by atoms with van der Waals surface area (Å²) < 4.78 is 38.0. The molecule has 134 valence electrons. The molecule has 0 unspecified atom stereocenters. The van der Waals surface area contributed by atoms with Crippen LogP contribution in [0.15, 0.2) is 29.3 Å². The molecule has 1 saturated heterocycles. The van der Waals surface area contributed by atoms with Crippen LogP contribution in [0.5, 0.6) is 0 Å². The molecule has 1 aromatic carbocycles. The summed E-state index contributed by atoms with van der Waals surface area (Å²) in [5.74, 6) is 0.231. The zero-order valence-electron chi connectivity index (χ0n) is 13.8. The fraction of sp³-hybridized carbons (Fsp3) is 0.533. The van der Waals surface area contributed by atoms with Crippen LogP contribution in [0.1, 0.15) is 6.92 Å². The Balaban J connectivity index is 1.78. The van der Waals surface area contributed by atoms with Gasteiger partial charge in [-0.05, 0) is 31.2 Å². The van der Waals surface area contributed by atoms with E-state index in [0.717, 1.165) is 18.8 Å². The Kier molecular flexibility index (Phi) is 6.38. The van der Waals surface area contributed by atoms with Crippen LogP contribution in [0, 0.1) is 5.82 Å². The van der Waals surface area contributed by atoms with E-state index in [-0.39, 0.29) is 18.1 Å². The number of rotatable bonds is 6. The Morgan fingerprint density at radius 2 is 1.88 bits per heavy atom. The lowest BCUT2D eigenvalue weighted by atomic mass is 10.2. The Bertz CT molecular complexity index is 655. The van der Waals surface area contributed by atoms with Crippen LogP contribution in [-0.2, 0) is 10.0 Å². The number of nitrogens with zero attached hydrogens (tertiary/aromatic N) is 3. The molecule has 0 bridgehead atoms. The number of hydrogen-bond acceptors (Lipinski definition) is 4. The summed E-state index contributed by atoms with van der Waals surface area (Å²) in [6.07, 6.45) is 0. The molecule has 0 spiro atoms. The van der Waals surface area contributed by atoms with Gasteiger partial charge in [0.1, 0.15) is 5.82 Å². The number of nitrogens with one attached hydrogen (secondary N) is 1. The highest BCUT2D eigenvalue weighted by Crippen LogP contribution is 2.16. The van der Waals surface area contributed by atoms with Gasteiger partial charge in [-0.25, -0.2) is 17.5 Å². The third-order valence-corrected chi connectivity index (χ3v) is 5.29. The van der Waals surface area contributed by atoms with Crippen molar-refractivity contribution < 1.29 is 12.8 Å². The summed E-state index contributed by atoms with van der Waals surface area (Å²) in [6.45, 7) is 5.10. The number of guanidine groups is 1. The molecule has 0 saturated carbocycles. The Morgan fingerprint density at radius 3 is 2.46 bits per heavy atom. The molecule has 0 atom stereocenters. The average Bonchev–Trinajstić information content (AvgIpc) is 2.59. The van der Waals surface area contributed by atoms with Crippen molar-refractivity contribution in [2.75, 3.05) is 49.9 Å². The lowest BCUT2D eigenvalue weighted by molar-refractivity contribution is 0.381. The molecule has 1 fully saturated rings. The highest BCUT2D eigenvalue weighted by atomic mass is 32.2. The topological polar surface area (TPSA) is 91.0 Å². The van der Waals surface area contributed by atoms with Gasteiger partial charge in [-0.3, -0.25) is 4.99 Å². The second-order valence-electron chi connectivity index (χ2n) is 5.49. The predicted octanol–water partition coefficient (Wildman–Crippen LogP) is 0.202. The highest BCUT2D eigenvalue weighted by molar-refractivity contribution is 7.89. The van der Waals surface area contributed by atoms with Gasteiger partial charge in [0, 0.05) is 38.4 Å². The smallest absolute Gasteiger partial charge is 0.211 e. The van der Waals surface area contributed by atoms with E-state index < -0.39 is 10.0 Å². The van der Waals surface area contributed by atoms with E-state index >= 15 is 0 Å². The lowest BCUT2D eigenvalue weighted by Crippen LogP contribution is -2.51. The molecule has 9 heteroatoms. The van der Waals surface area contributed by atoms with Crippen LogP contribution in [0.3, 0.4) is 0 Å². The first kappa shape index (κ1) is 18.5. The monoisotopic (exact) mass is 357 g/mol. The van der Waals surface area contributed by atoms with Crippen molar-refractivity contribution in [1.82, 2.24) is 9.62 Å². The number of piperazine rings is 1. The first-order valence-electron chi connectivity index (χ1n) is 7.94. The largest absolute Gasteiger partial charge is 0.370 e. The minimum atomic E-state index is -3.19. The summed E-state index contributed by atoms with van der Waals surface area (Å²) >= 11 is 0. The summed E-state index contributed by atoms with van der Waals surface area (Å²) in [5.41, 5.74) is 6.95. The molecule has 1 aromatic rings. The first-order chi connectivity index (χ1) is 11.4. The number of halogens is 1. The molecule has 0 aromatic heterocycles. The molecule has 2 rings (SSSR count). The zero-order chi connectivity index (χ0) is 17.6. The van der Waals surface area contributed by atoms with E-state index in [4.69, 9.17) is 5.73 Å². The SMILES string of the molecule is CCS(=O)(=O)NCCN=C(N)N1CCN(c2ccc(F)cc2)CC1. The number of sulfonamides is 1. The Labute approximate surface area is 142 Å². The molecule has 3 N–H and O–H groups in total. The molecule has 0 radical (unpaired) electrons. The van der Waals surface area contributed by atoms with Gasteiger partial charge in [-0.1, -0.05) is 0 Å². The van der Waals surface area contributed by atoms with Gasteiger partial charge in [0.2, 0.25) is 10.0 Å². The summed E-state index contributed by atoms with van der Waals surface area (Å²) in [4.78, 5) is 8.35. The number of anilines is 1. The van der Waals surface area contributed by atoms with Gasteiger partial charge < -0.3 is 15.5 Å². The van der Waals surface area contributed by atoms with E-state index in [0.29, 0.717) is 25.6 Å². The Morgan fingerprint density at radius 1 is 1.25 bits per heavy atom. The standard InChI is InChI=1S/C15H24FN5O2S/c1-2-24(22,23)19-8-7-18-15(17)21-11-9-20(10-12-21)14-5-3-13(16)4-6-14/h3-6,19H,2,7-12H2,1H3,(H2,17,18). The van der Waals surface area contributed by atoms with Crippen molar-refractivity contribution in [3.63, 3.8) is 0 Å². The Hall–Kier alpha value is -1.87. The molecule has 0 amide bonds. The van der Waals surface area contributed by atoms with Crippen molar-refractivity contribution in [1.29, 1.82) is 0 Å².